The zero-order valence-electron chi connectivity index (χ0n) is 12.9. The Labute approximate surface area is 135 Å². The van der Waals surface area contributed by atoms with E-state index in [0.29, 0.717) is 12.5 Å². The lowest BCUT2D eigenvalue weighted by Gasteiger charge is -2.32. The van der Waals surface area contributed by atoms with E-state index in [2.05, 4.69) is 48.0 Å². The van der Waals surface area contributed by atoms with Gasteiger partial charge in [0, 0.05) is 18.4 Å². The second kappa shape index (κ2) is 7.95. The number of alkyl halides is 1. The zero-order chi connectivity index (χ0) is 15.2. The smallest absolute Gasteiger partial charge is 0.226 e. The Bertz CT molecular complexity index is 482. The van der Waals surface area contributed by atoms with Crippen LogP contribution in [0.25, 0.3) is 0 Å². The number of amides is 1. The molecule has 1 aliphatic heterocycles. The van der Waals surface area contributed by atoms with E-state index in [1.165, 1.54) is 11.1 Å². The van der Waals surface area contributed by atoms with Crippen molar-refractivity contribution in [1.29, 1.82) is 0 Å². The Hall–Kier alpha value is -0.870. The van der Waals surface area contributed by atoms with E-state index in [9.17, 15) is 4.79 Å². The molecule has 3 nitrogen and oxygen atoms in total. The summed E-state index contributed by atoms with van der Waals surface area (Å²) >= 11 is 3.37. The van der Waals surface area contributed by atoms with Crippen LogP contribution in [0.1, 0.15) is 29.5 Å². The molecular formula is C17H24BrNO2. The van der Waals surface area contributed by atoms with Gasteiger partial charge in [0.2, 0.25) is 5.91 Å². The molecule has 116 valence electrons. The van der Waals surface area contributed by atoms with Crippen molar-refractivity contribution in [2.24, 2.45) is 0 Å². The molecule has 0 bridgehead atoms. The highest BCUT2D eigenvalue weighted by molar-refractivity contribution is 9.09. The van der Waals surface area contributed by atoms with Crippen LogP contribution in [-0.2, 0) is 16.0 Å². The van der Waals surface area contributed by atoms with Gasteiger partial charge in [0.05, 0.1) is 19.1 Å². The third-order valence-corrected chi connectivity index (χ3v) is 4.48. The average molecular weight is 354 g/mol. The highest BCUT2D eigenvalue weighted by Crippen LogP contribution is 2.16. The molecule has 2 rings (SSSR count). The molecule has 1 aromatic carbocycles. The number of hydrogen-bond donors (Lipinski definition) is 0. The van der Waals surface area contributed by atoms with Crippen LogP contribution in [0.15, 0.2) is 18.2 Å². The molecule has 4 heteroatoms. The van der Waals surface area contributed by atoms with Crippen molar-refractivity contribution in [1.82, 2.24) is 4.90 Å². The first-order valence-corrected chi connectivity index (χ1v) is 8.73. The molecule has 21 heavy (non-hydrogen) atoms. The van der Waals surface area contributed by atoms with Gasteiger partial charge >= 0.3 is 0 Å². The van der Waals surface area contributed by atoms with Gasteiger partial charge in [0.1, 0.15) is 0 Å². The molecule has 0 N–H and O–H groups in total. The first-order valence-electron chi connectivity index (χ1n) is 7.61. The predicted octanol–water partition coefficient (Wildman–Crippen LogP) is 3.25. The second-order valence-electron chi connectivity index (χ2n) is 5.74. The SMILES string of the molecule is Cc1ccc(CC(=O)N2CCC(OCCBr)CC2)cc1C. The van der Waals surface area contributed by atoms with Gasteiger partial charge in [-0.1, -0.05) is 34.1 Å². The van der Waals surface area contributed by atoms with Crippen LogP contribution in [0.4, 0.5) is 0 Å². The van der Waals surface area contributed by atoms with Gasteiger partial charge < -0.3 is 9.64 Å². The fraction of sp³-hybridized carbons (Fsp3) is 0.588. The Morgan fingerprint density at radius 2 is 2.00 bits per heavy atom. The molecule has 0 radical (unpaired) electrons. The van der Waals surface area contributed by atoms with Gasteiger partial charge in [-0.2, -0.15) is 0 Å². The Morgan fingerprint density at radius 1 is 1.29 bits per heavy atom. The number of ether oxygens (including phenoxy) is 1. The van der Waals surface area contributed by atoms with Crippen molar-refractivity contribution in [3.63, 3.8) is 0 Å². The van der Waals surface area contributed by atoms with Gasteiger partial charge in [-0.3, -0.25) is 4.79 Å². The number of piperidine rings is 1. The van der Waals surface area contributed by atoms with E-state index in [-0.39, 0.29) is 5.91 Å². The number of hydrogen-bond acceptors (Lipinski definition) is 2. The van der Waals surface area contributed by atoms with Crippen molar-refractivity contribution in [2.45, 2.75) is 39.2 Å². The third kappa shape index (κ3) is 4.82. The largest absolute Gasteiger partial charge is 0.377 e. The lowest BCUT2D eigenvalue weighted by Crippen LogP contribution is -2.41. The maximum Gasteiger partial charge on any atom is 0.226 e. The van der Waals surface area contributed by atoms with E-state index in [0.717, 1.165) is 43.4 Å². The fourth-order valence-corrected chi connectivity index (χ4v) is 2.87. The van der Waals surface area contributed by atoms with Crippen LogP contribution in [0, 0.1) is 13.8 Å². The molecule has 1 amide bonds. The number of likely N-dealkylation sites (tertiary alicyclic amines) is 1. The van der Waals surface area contributed by atoms with Gasteiger partial charge in [0.15, 0.2) is 0 Å². The molecule has 0 aromatic heterocycles. The fourth-order valence-electron chi connectivity index (χ4n) is 2.68. The van der Waals surface area contributed by atoms with Crippen LogP contribution in [-0.4, -0.2) is 41.9 Å². The average Bonchev–Trinajstić information content (AvgIpc) is 2.49. The summed E-state index contributed by atoms with van der Waals surface area (Å²) in [7, 11) is 0. The summed E-state index contributed by atoms with van der Waals surface area (Å²) in [4.78, 5) is 14.3. The molecular weight excluding hydrogens is 330 g/mol. The number of halogens is 1. The quantitative estimate of drug-likeness (QED) is 0.760. The normalized spacial score (nSPS) is 16.2. The predicted molar refractivity (Wildman–Crippen MR) is 89.0 cm³/mol. The molecule has 0 aliphatic carbocycles. The van der Waals surface area contributed by atoms with E-state index in [4.69, 9.17) is 4.74 Å². The van der Waals surface area contributed by atoms with E-state index in [1.807, 2.05) is 4.90 Å². The number of benzene rings is 1. The molecule has 0 unspecified atom stereocenters. The zero-order valence-corrected chi connectivity index (χ0v) is 14.5. The Kier molecular flexibility index (Phi) is 6.24. The van der Waals surface area contributed by atoms with Crippen molar-refractivity contribution < 1.29 is 9.53 Å². The Morgan fingerprint density at radius 3 is 2.62 bits per heavy atom. The minimum absolute atomic E-state index is 0.234. The first kappa shape index (κ1) is 16.5. The van der Waals surface area contributed by atoms with Gasteiger partial charge in [-0.25, -0.2) is 0 Å². The molecule has 0 saturated carbocycles. The monoisotopic (exact) mass is 353 g/mol. The topological polar surface area (TPSA) is 29.5 Å². The summed E-state index contributed by atoms with van der Waals surface area (Å²) in [5.74, 6) is 0.234. The van der Waals surface area contributed by atoms with Crippen LogP contribution in [0.5, 0.6) is 0 Å². The maximum atomic E-state index is 12.4. The van der Waals surface area contributed by atoms with Crippen molar-refractivity contribution in [3.05, 3.63) is 34.9 Å². The van der Waals surface area contributed by atoms with Gasteiger partial charge in [-0.05, 0) is 43.4 Å². The van der Waals surface area contributed by atoms with E-state index >= 15 is 0 Å². The number of aryl methyl sites for hydroxylation is 2. The minimum Gasteiger partial charge on any atom is -0.377 e. The van der Waals surface area contributed by atoms with Crippen molar-refractivity contribution in [2.75, 3.05) is 25.0 Å². The number of carbonyl (C=O) groups excluding carboxylic acids is 1. The molecule has 1 saturated heterocycles. The summed E-state index contributed by atoms with van der Waals surface area (Å²) in [6.07, 6.45) is 2.72. The second-order valence-corrected chi connectivity index (χ2v) is 6.53. The van der Waals surface area contributed by atoms with Crippen molar-refractivity contribution in [3.8, 4) is 0 Å². The summed E-state index contributed by atoms with van der Waals surface area (Å²) in [6, 6.07) is 6.28. The molecule has 1 fully saturated rings. The van der Waals surface area contributed by atoms with Crippen LogP contribution in [0.2, 0.25) is 0 Å². The van der Waals surface area contributed by atoms with Crippen LogP contribution >= 0.6 is 15.9 Å². The first-order chi connectivity index (χ1) is 10.1. The van der Waals surface area contributed by atoms with Gasteiger partial charge in [0.25, 0.3) is 0 Å². The van der Waals surface area contributed by atoms with Crippen LogP contribution < -0.4 is 0 Å². The lowest BCUT2D eigenvalue weighted by atomic mass is 10.0. The Balaban J connectivity index is 1.83. The standard InChI is InChI=1S/C17H24BrNO2/c1-13-3-4-15(11-14(13)2)12-17(20)19-8-5-16(6-9-19)21-10-7-18/h3-4,11,16H,5-10,12H2,1-2H3. The summed E-state index contributed by atoms with van der Waals surface area (Å²) < 4.78 is 5.72. The van der Waals surface area contributed by atoms with Crippen molar-refractivity contribution >= 4 is 21.8 Å². The highest BCUT2D eigenvalue weighted by Gasteiger charge is 2.23. The molecule has 1 heterocycles. The van der Waals surface area contributed by atoms with Gasteiger partial charge in [-0.15, -0.1) is 0 Å². The number of carbonyl (C=O) groups is 1. The van der Waals surface area contributed by atoms with Crippen LogP contribution in [0.3, 0.4) is 0 Å². The molecule has 1 aliphatic rings. The third-order valence-electron chi connectivity index (χ3n) is 4.15. The number of rotatable bonds is 5. The molecule has 1 aromatic rings. The summed E-state index contributed by atoms with van der Waals surface area (Å²) in [6.45, 7) is 6.57. The van der Waals surface area contributed by atoms with E-state index < -0.39 is 0 Å². The number of nitrogens with zero attached hydrogens (tertiary/aromatic N) is 1. The molecule has 0 atom stereocenters. The minimum atomic E-state index is 0.234. The maximum absolute atomic E-state index is 12.4. The molecule has 0 spiro atoms. The lowest BCUT2D eigenvalue weighted by molar-refractivity contribution is -0.133. The highest BCUT2D eigenvalue weighted by atomic mass is 79.9. The van der Waals surface area contributed by atoms with E-state index in [1.54, 1.807) is 0 Å². The summed E-state index contributed by atoms with van der Waals surface area (Å²) in [5.41, 5.74) is 3.64. The summed E-state index contributed by atoms with van der Waals surface area (Å²) in [5, 5.41) is 0.874.